The molecule has 3 aromatic carbocycles. The molecule has 0 atom stereocenters. The van der Waals surface area contributed by atoms with E-state index in [-0.39, 0.29) is 6.03 Å². The number of anilines is 2. The van der Waals surface area contributed by atoms with Crippen molar-refractivity contribution in [2.45, 2.75) is 20.4 Å². The van der Waals surface area contributed by atoms with E-state index < -0.39 is 0 Å². The molecule has 0 aliphatic heterocycles. The van der Waals surface area contributed by atoms with Crippen LogP contribution in [-0.4, -0.2) is 30.0 Å². The van der Waals surface area contributed by atoms with E-state index in [2.05, 4.69) is 46.1 Å². The number of hydrogen-bond acceptors (Lipinski definition) is 4. The van der Waals surface area contributed by atoms with Crippen molar-refractivity contribution in [2.75, 3.05) is 24.9 Å². The first-order valence-electron chi connectivity index (χ1n) is 10.3. The third-order valence-corrected chi connectivity index (χ3v) is 5.47. The maximum Gasteiger partial charge on any atom is 0.323 e. The summed E-state index contributed by atoms with van der Waals surface area (Å²) in [5.41, 5.74) is 4.00. The first kappa shape index (κ1) is 21.2. The Labute approximate surface area is 187 Å². The van der Waals surface area contributed by atoms with Crippen LogP contribution in [0.25, 0.3) is 10.8 Å². The molecule has 0 spiro atoms. The fourth-order valence-electron chi connectivity index (χ4n) is 3.80. The van der Waals surface area contributed by atoms with E-state index in [1.807, 2.05) is 30.7 Å². The van der Waals surface area contributed by atoms with Crippen molar-refractivity contribution in [3.05, 3.63) is 77.6 Å². The van der Waals surface area contributed by atoms with E-state index in [0.717, 1.165) is 11.4 Å². The molecule has 4 aromatic rings. The zero-order valence-corrected chi connectivity index (χ0v) is 18.6. The van der Waals surface area contributed by atoms with E-state index in [9.17, 15) is 4.79 Å². The van der Waals surface area contributed by atoms with Crippen LogP contribution in [-0.2, 0) is 6.54 Å². The predicted molar refractivity (Wildman–Crippen MR) is 127 cm³/mol. The standard InChI is InChI=1S/C25H26N4O3/c1-16-24(27-25(30)26-22-14-20(31-3)12-13-23(22)32-4)17(2)29(28-16)15-19-10-7-9-18-8-5-6-11-21(18)19/h5-14H,15H2,1-4H3,(H2,26,27,30). The van der Waals surface area contributed by atoms with Gasteiger partial charge in [0.2, 0.25) is 0 Å². The first-order valence-corrected chi connectivity index (χ1v) is 10.3. The Morgan fingerprint density at radius 1 is 0.969 bits per heavy atom. The smallest absolute Gasteiger partial charge is 0.323 e. The number of nitrogens with zero attached hydrogens (tertiary/aromatic N) is 2. The summed E-state index contributed by atoms with van der Waals surface area (Å²) in [6.45, 7) is 4.45. The van der Waals surface area contributed by atoms with E-state index in [0.29, 0.717) is 29.4 Å². The molecule has 2 N–H and O–H groups in total. The second-order valence-corrected chi connectivity index (χ2v) is 7.49. The number of carbonyl (C=O) groups is 1. The summed E-state index contributed by atoms with van der Waals surface area (Å²) < 4.78 is 12.5. The monoisotopic (exact) mass is 430 g/mol. The second kappa shape index (κ2) is 9.01. The Bertz CT molecular complexity index is 1270. The number of amides is 2. The third kappa shape index (κ3) is 4.23. The van der Waals surface area contributed by atoms with E-state index in [1.54, 1.807) is 32.4 Å². The summed E-state index contributed by atoms with van der Waals surface area (Å²) >= 11 is 0. The molecule has 0 radical (unpaired) electrons. The Hall–Kier alpha value is -4.00. The number of nitrogens with one attached hydrogen (secondary N) is 2. The summed E-state index contributed by atoms with van der Waals surface area (Å²) in [7, 11) is 3.12. The number of methoxy groups -OCH3 is 2. The molecule has 0 aliphatic rings. The minimum atomic E-state index is -0.382. The highest BCUT2D eigenvalue weighted by Gasteiger charge is 2.16. The molecule has 0 unspecified atom stereocenters. The summed E-state index contributed by atoms with van der Waals surface area (Å²) in [6.07, 6.45) is 0. The quantitative estimate of drug-likeness (QED) is 0.432. The summed E-state index contributed by atoms with van der Waals surface area (Å²) in [5, 5.41) is 12.8. The SMILES string of the molecule is COc1ccc(OC)c(NC(=O)Nc2c(C)nn(Cc3cccc4ccccc34)c2C)c1. The van der Waals surface area contributed by atoms with Crippen molar-refractivity contribution in [3.8, 4) is 11.5 Å². The van der Waals surface area contributed by atoms with Gasteiger partial charge in [-0.1, -0.05) is 42.5 Å². The predicted octanol–water partition coefficient (Wildman–Crippen LogP) is 5.36. The van der Waals surface area contributed by atoms with Crippen LogP contribution in [0.3, 0.4) is 0 Å². The Balaban J connectivity index is 1.55. The minimum absolute atomic E-state index is 0.382. The lowest BCUT2D eigenvalue weighted by Gasteiger charge is -2.13. The minimum Gasteiger partial charge on any atom is -0.497 e. The van der Waals surface area contributed by atoms with Crippen LogP contribution < -0.4 is 20.1 Å². The molecule has 0 saturated carbocycles. The van der Waals surface area contributed by atoms with Crippen LogP contribution in [0.1, 0.15) is 17.0 Å². The topological polar surface area (TPSA) is 77.4 Å². The number of aromatic nitrogens is 2. The molecule has 0 saturated heterocycles. The Kier molecular flexibility index (Phi) is 5.98. The maximum atomic E-state index is 12.7. The molecule has 7 nitrogen and oxygen atoms in total. The molecule has 0 aliphatic carbocycles. The number of rotatable bonds is 6. The number of benzene rings is 3. The lowest BCUT2D eigenvalue weighted by Crippen LogP contribution is -2.20. The molecule has 1 heterocycles. The second-order valence-electron chi connectivity index (χ2n) is 7.49. The molecule has 0 fully saturated rings. The van der Waals surface area contributed by atoms with Crippen molar-refractivity contribution in [1.82, 2.24) is 9.78 Å². The van der Waals surface area contributed by atoms with Crippen molar-refractivity contribution >= 4 is 28.2 Å². The Morgan fingerprint density at radius 2 is 1.75 bits per heavy atom. The molecule has 2 amide bonds. The molecule has 164 valence electrons. The largest absolute Gasteiger partial charge is 0.497 e. The van der Waals surface area contributed by atoms with Crippen LogP contribution in [0.2, 0.25) is 0 Å². The summed E-state index contributed by atoms with van der Waals surface area (Å²) in [6, 6.07) is 19.4. The summed E-state index contributed by atoms with van der Waals surface area (Å²) in [5.74, 6) is 1.16. The van der Waals surface area contributed by atoms with Crippen LogP contribution in [0.4, 0.5) is 16.2 Å². The fourth-order valence-corrected chi connectivity index (χ4v) is 3.80. The van der Waals surface area contributed by atoms with Gasteiger partial charge in [-0.25, -0.2) is 4.79 Å². The number of carbonyl (C=O) groups excluding carboxylic acids is 1. The Morgan fingerprint density at radius 3 is 2.53 bits per heavy atom. The van der Waals surface area contributed by atoms with Crippen molar-refractivity contribution in [1.29, 1.82) is 0 Å². The van der Waals surface area contributed by atoms with Gasteiger partial charge < -0.3 is 20.1 Å². The number of urea groups is 1. The number of ether oxygens (including phenoxy) is 2. The van der Waals surface area contributed by atoms with Gasteiger partial charge in [0.15, 0.2) is 0 Å². The van der Waals surface area contributed by atoms with Gasteiger partial charge in [0, 0.05) is 6.07 Å². The first-order chi connectivity index (χ1) is 15.5. The van der Waals surface area contributed by atoms with Gasteiger partial charge in [0.1, 0.15) is 11.5 Å². The van der Waals surface area contributed by atoms with Gasteiger partial charge in [-0.05, 0) is 42.3 Å². The van der Waals surface area contributed by atoms with Gasteiger partial charge in [-0.2, -0.15) is 5.10 Å². The van der Waals surface area contributed by atoms with Gasteiger partial charge >= 0.3 is 6.03 Å². The highest BCUT2D eigenvalue weighted by Crippen LogP contribution is 2.29. The molecule has 4 rings (SSSR count). The van der Waals surface area contributed by atoms with Crippen LogP contribution in [0.5, 0.6) is 11.5 Å². The van der Waals surface area contributed by atoms with E-state index in [4.69, 9.17) is 9.47 Å². The zero-order chi connectivity index (χ0) is 22.7. The number of aryl methyl sites for hydroxylation is 1. The molecular formula is C25H26N4O3. The normalized spacial score (nSPS) is 10.8. The van der Waals surface area contributed by atoms with Crippen LogP contribution >= 0.6 is 0 Å². The molecule has 32 heavy (non-hydrogen) atoms. The van der Waals surface area contributed by atoms with Crippen molar-refractivity contribution in [2.24, 2.45) is 0 Å². The van der Waals surface area contributed by atoms with Crippen molar-refractivity contribution < 1.29 is 14.3 Å². The van der Waals surface area contributed by atoms with Crippen LogP contribution in [0.15, 0.2) is 60.7 Å². The average molecular weight is 431 g/mol. The summed E-state index contributed by atoms with van der Waals surface area (Å²) in [4.78, 5) is 12.7. The van der Waals surface area contributed by atoms with Crippen molar-refractivity contribution in [3.63, 3.8) is 0 Å². The van der Waals surface area contributed by atoms with E-state index >= 15 is 0 Å². The number of fused-ring (bicyclic) bond motifs is 1. The molecule has 1 aromatic heterocycles. The fraction of sp³-hybridized carbons (Fsp3) is 0.200. The maximum absolute atomic E-state index is 12.7. The van der Waals surface area contributed by atoms with Crippen LogP contribution in [0, 0.1) is 13.8 Å². The molecular weight excluding hydrogens is 404 g/mol. The lowest BCUT2D eigenvalue weighted by molar-refractivity contribution is 0.262. The third-order valence-electron chi connectivity index (χ3n) is 5.47. The average Bonchev–Trinajstić information content (AvgIpc) is 3.06. The van der Waals surface area contributed by atoms with Gasteiger partial charge in [0.05, 0.1) is 43.5 Å². The lowest BCUT2D eigenvalue weighted by atomic mass is 10.0. The van der Waals surface area contributed by atoms with Gasteiger partial charge in [-0.3, -0.25) is 4.68 Å². The highest BCUT2D eigenvalue weighted by atomic mass is 16.5. The van der Waals surface area contributed by atoms with Gasteiger partial charge in [-0.15, -0.1) is 0 Å². The number of hydrogen-bond donors (Lipinski definition) is 2. The molecule has 7 heteroatoms. The van der Waals surface area contributed by atoms with Gasteiger partial charge in [0.25, 0.3) is 0 Å². The zero-order valence-electron chi connectivity index (χ0n) is 18.6. The molecule has 0 bridgehead atoms. The van der Waals surface area contributed by atoms with E-state index in [1.165, 1.54) is 16.3 Å². The highest BCUT2D eigenvalue weighted by molar-refractivity contribution is 6.01.